The van der Waals surface area contributed by atoms with Crippen LogP contribution in [0.4, 0.5) is 0 Å². The van der Waals surface area contributed by atoms with Crippen molar-refractivity contribution < 1.29 is 19.1 Å². The highest BCUT2D eigenvalue weighted by Crippen LogP contribution is 2.27. The van der Waals surface area contributed by atoms with Gasteiger partial charge in [0, 0.05) is 12.6 Å². The van der Waals surface area contributed by atoms with Crippen LogP contribution in [-0.2, 0) is 4.79 Å². The molecule has 7 nitrogen and oxygen atoms in total. The van der Waals surface area contributed by atoms with Gasteiger partial charge >= 0.3 is 0 Å². The lowest BCUT2D eigenvalue weighted by Gasteiger charge is -2.17. The van der Waals surface area contributed by atoms with Crippen LogP contribution in [0.3, 0.4) is 0 Å². The summed E-state index contributed by atoms with van der Waals surface area (Å²) in [5.41, 5.74) is 2.36. The molecule has 0 aromatic heterocycles. The summed E-state index contributed by atoms with van der Waals surface area (Å²) in [5, 5.41) is 0. The molecule has 0 radical (unpaired) electrons. The first-order chi connectivity index (χ1) is 9.03. The molecule has 0 fully saturated rings. The SMILES string of the molecule is COc1ccc(C(=O)N(C)CC(=O)NN)cc1OC. The van der Waals surface area contributed by atoms with Crippen molar-refractivity contribution in [2.24, 2.45) is 5.84 Å². The minimum atomic E-state index is -0.448. The van der Waals surface area contributed by atoms with Crippen molar-refractivity contribution in [3.05, 3.63) is 23.8 Å². The van der Waals surface area contributed by atoms with Gasteiger partial charge in [-0.05, 0) is 18.2 Å². The van der Waals surface area contributed by atoms with Crippen molar-refractivity contribution in [3.63, 3.8) is 0 Å². The average Bonchev–Trinajstić information content (AvgIpc) is 2.45. The molecule has 3 N–H and O–H groups in total. The van der Waals surface area contributed by atoms with E-state index in [1.54, 1.807) is 18.2 Å². The van der Waals surface area contributed by atoms with Crippen molar-refractivity contribution in [1.82, 2.24) is 10.3 Å². The largest absolute Gasteiger partial charge is 0.493 e. The van der Waals surface area contributed by atoms with Gasteiger partial charge in [-0.2, -0.15) is 0 Å². The number of amides is 2. The number of carbonyl (C=O) groups is 2. The second-order valence-corrected chi connectivity index (χ2v) is 3.80. The van der Waals surface area contributed by atoms with Crippen molar-refractivity contribution in [1.29, 1.82) is 0 Å². The Labute approximate surface area is 111 Å². The van der Waals surface area contributed by atoms with E-state index in [-0.39, 0.29) is 12.5 Å². The van der Waals surface area contributed by atoms with Crippen LogP contribution in [0.25, 0.3) is 0 Å². The number of hydrazine groups is 1. The summed E-state index contributed by atoms with van der Waals surface area (Å²) < 4.78 is 10.2. The van der Waals surface area contributed by atoms with Gasteiger partial charge in [0.15, 0.2) is 11.5 Å². The van der Waals surface area contributed by atoms with E-state index in [4.69, 9.17) is 15.3 Å². The molecule has 1 aromatic carbocycles. The summed E-state index contributed by atoms with van der Waals surface area (Å²) in [5.74, 6) is 5.18. The molecular formula is C12H17N3O4. The Morgan fingerprint density at radius 2 is 1.89 bits per heavy atom. The molecule has 0 saturated carbocycles. The Morgan fingerprint density at radius 1 is 1.26 bits per heavy atom. The number of methoxy groups -OCH3 is 2. The first-order valence-corrected chi connectivity index (χ1v) is 5.50. The van der Waals surface area contributed by atoms with Crippen LogP contribution in [-0.4, -0.2) is 44.5 Å². The molecule has 0 spiro atoms. The van der Waals surface area contributed by atoms with E-state index < -0.39 is 5.91 Å². The minimum absolute atomic E-state index is 0.121. The normalized spacial score (nSPS) is 9.68. The maximum absolute atomic E-state index is 12.1. The van der Waals surface area contributed by atoms with Gasteiger partial charge in [0.05, 0.1) is 14.2 Å². The molecule has 0 bridgehead atoms. The molecule has 19 heavy (non-hydrogen) atoms. The number of benzene rings is 1. The number of rotatable bonds is 5. The van der Waals surface area contributed by atoms with Gasteiger partial charge in [-0.3, -0.25) is 15.0 Å². The fourth-order valence-electron chi connectivity index (χ4n) is 1.52. The zero-order valence-corrected chi connectivity index (χ0v) is 11.1. The number of carbonyl (C=O) groups excluding carboxylic acids is 2. The van der Waals surface area contributed by atoms with Gasteiger partial charge in [-0.25, -0.2) is 5.84 Å². The Balaban J connectivity index is 2.90. The zero-order valence-electron chi connectivity index (χ0n) is 11.1. The topological polar surface area (TPSA) is 93.9 Å². The van der Waals surface area contributed by atoms with Crippen molar-refractivity contribution in [3.8, 4) is 11.5 Å². The molecule has 7 heteroatoms. The predicted molar refractivity (Wildman–Crippen MR) is 68.8 cm³/mol. The third-order valence-corrected chi connectivity index (χ3v) is 2.52. The summed E-state index contributed by atoms with van der Waals surface area (Å²) >= 11 is 0. The number of ether oxygens (including phenoxy) is 2. The summed E-state index contributed by atoms with van der Waals surface area (Å²) in [6.45, 7) is -0.121. The zero-order chi connectivity index (χ0) is 14.4. The van der Waals surface area contributed by atoms with Gasteiger partial charge in [-0.15, -0.1) is 0 Å². The molecule has 0 aliphatic rings. The Hall–Kier alpha value is -2.28. The first-order valence-electron chi connectivity index (χ1n) is 5.50. The number of hydrogen-bond acceptors (Lipinski definition) is 5. The van der Waals surface area contributed by atoms with E-state index >= 15 is 0 Å². The summed E-state index contributed by atoms with van der Waals surface area (Å²) in [6.07, 6.45) is 0. The van der Waals surface area contributed by atoms with E-state index in [1.807, 2.05) is 5.43 Å². The van der Waals surface area contributed by atoms with E-state index in [9.17, 15) is 9.59 Å². The van der Waals surface area contributed by atoms with Crippen LogP contribution in [0.1, 0.15) is 10.4 Å². The quantitative estimate of drug-likeness (QED) is 0.436. The molecular weight excluding hydrogens is 250 g/mol. The van der Waals surface area contributed by atoms with Crippen LogP contribution < -0.4 is 20.7 Å². The molecule has 1 rings (SSSR count). The third kappa shape index (κ3) is 3.59. The summed E-state index contributed by atoms with van der Waals surface area (Å²) in [6, 6.07) is 4.78. The van der Waals surface area contributed by atoms with Gasteiger partial charge in [-0.1, -0.05) is 0 Å². The standard InChI is InChI=1S/C12H17N3O4/c1-15(7-11(16)14-13)12(17)8-4-5-9(18-2)10(6-8)19-3/h4-6H,7,13H2,1-3H3,(H,14,16). The summed E-state index contributed by atoms with van der Waals surface area (Å²) in [7, 11) is 4.50. The van der Waals surface area contributed by atoms with E-state index in [1.165, 1.54) is 26.2 Å². The molecule has 0 unspecified atom stereocenters. The van der Waals surface area contributed by atoms with Gasteiger partial charge in [0.2, 0.25) is 0 Å². The van der Waals surface area contributed by atoms with Crippen LogP contribution in [0, 0.1) is 0 Å². The van der Waals surface area contributed by atoms with Gasteiger partial charge in [0.25, 0.3) is 11.8 Å². The number of nitrogens with zero attached hydrogens (tertiary/aromatic N) is 1. The van der Waals surface area contributed by atoms with Crippen molar-refractivity contribution in [2.45, 2.75) is 0 Å². The third-order valence-electron chi connectivity index (χ3n) is 2.52. The van der Waals surface area contributed by atoms with Crippen molar-refractivity contribution in [2.75, 3.05) is 27.8 Å². The molecule has 2 amide bonds. The molecule has 0 aliphatic heterocycles. The fraction of sp³-hybridized carbons (Fsp3) is 0.333. The maximum Gasteiger partial charge on any atom is 0.254 e. The second-order valence-electron chi connectivity index (χ2n) is 3.80. The lowest BCUT2D eigenvalue weighted by Crippen LogP contribution is -2.41. The number of nitrogens with two attached hydrogens (primary N) is 1. The lowest BCUT2D eigenvalue weighted by atomic mass is 10.1. The Bertz CT molecular complexity index is 476. The average molecular weight is 267 g/mol. The van der Waals surface area contributed by atoms with E-state index in [0.29, 0.717) is 17.1 Å². The molecule has 0 heterocycles. The van der Waals surface area contributed by atoms with E-state index in [2.05, 4.69) is 0 Å². The van der Waals surface area contributed by atoms with Crippen LogP contribution in [0.2, 0.25) is 0 Å². The molecule has 0 saturated heterocycles. The van der Waals surface area contributed by atoms with E-state index in [0.717, 1.165) is 0 Å². The highest BCUT2D eigenvalue weighted by molar-refractivity contribution is 5.96. The second kappa shape index (κ2) is 6.60. The van der Waals surface area contributed by atoms with Gasteiger partial charge < -0.3 is 14.4 Å². The van der Waals surface area contributed by atoms with Crippen LogP contribution >= 0.6 is 0 Å². The molecule has 104 valence electrons. The van der Waals surface area contributed by atoms with Crippen molar-refractivity contribution >= 4 is 11.8 Å². The number of likely N-dealkylation sites (N-methyl/N-ethyl adjacent to an activating group) is 1. The molecule has 0 atom stereocenters. The highest BCUT2D eigenvalue weighted by atomic mass is 16.5. The van der Waals surface area contributed by atoms with Gasteiger partial charge in [0.1, 0.15) is 6.54 Å². The minimum Gasteiger partial charge on any atom is -0.493 e. The Morgan fingerprint density at radius 3 is 2.42 bits per heavy atom. The molecule has 1 aromatic rings. The maximum atomic E-state index is 12.1. The number of hydrogen-bond donors (Lipinski definition) is 2. The summed E-state index contributed by atoms with van der Waals surface area (Å²) in [4.78, 5) is 24.4. The number of nitrogens with one attached hydrogen (secondary N) is 1. The lowest BCUT2D eigenvalue weighted by molar-refractivity contribution is -0.121. The predicted octanol–water partition coefficient (Wildman–Crippen LogP) is -0.234. The Kier molecular flexibility index (Phi) is 5.13. The molecule has 0 aliphatic carbocycles. The van der Waals surface area contributed by atoms with Crippen LogP contribution in [0.15, 0.2) is 18.2 Å². The monoisotopic (exact) mass is 267 g/mol. The fourth-order valence-corrected chi connectivity index (χ4v) is 1.52. The van der Waals surface area contributed by atoms with Crippen LogP contribution in [0.5, 0.6) is 11.5 Å². The highest BCUT2D eigenvalue weighted by Gasteiger charge is 2.16. The first kappa shape index (κ1) is 14.8. The smallest absolute Gasteiger partial charge is 0.254 e.